The molecule has 3 rings (SSSR count). The van der Waals surface area contributed by atoms with Gasteiger partial charge in [-0.25, -0.2) is 0 Å². The van der Waals surface area contributed by atoms with Crippen LogP contribution in [-0.4, -0.2) is 22.7 Å². The van der Waals surface area contributed by atoms with Crippen molar-refractivity contribution in [2.75, 3.05) is 13.1 Å². The second-order valence-electron chi connectivity index (χ2n) is 4.47. The molecule has 0 atom stereocenters. The van der Waals surface area contributed by atoms with Crippen molar-refractivity contribution in [3.63, 3.8) is 0 Å². The molecule has 1 aliphatic rings. The fourth-order valence-corrected chi connectivity index (χ4v) is 2.91. The van der Waals surface area contributed by atoms with Crippen LogP contribution in [0.15, 0.2) is 18.2 Å². The van der Waals surface area contributed by atoms with E-state index < -0.39 is 0 Å². The van der Waals surface area contributed by atoms with Gasteiger partial charge in [0.15, 0.2) is 0 Å². The highest BCUT2D eigenvalue weighted by atomic mass is 32.1. The van der Waals surface area contributed by atoms with Gasteiger partial charge in [0, 0.05) is 0 Å². The van der Waals surface area contributed by atoms with Gasteiger partial charge in [0.25, 0.3) is 0 Å². The van der Waals surface area contributed by atoms with E-state index in [9.17, 15) is 0 Å². The minimum atomic E-state index is 0.838. The first-order valence-electron chi connectivity index (χ1n) is 5.83. The lowest BCUT2D eigenvalue weighted by molar-refractivity contribution is 0.373. The Labute approximate surface area is 99.0 Å². The maximum atomic E-state index is 4.13. The number of piperidine rings is 1. The van der Waals surface area contributed by atoms with Gasteiger partial charge in [-0.2, -0.15) is 0 Å². The molecule has 0 amide bonds. The summed E-state index contributed by atoms with van der Waals surface area (Å²) in [6.45, 7) is 2.34. The van der Waals surface area contributed by atoms with E-state index in [0.717, 1.165) is 11.4 Å². The Morgan fingerprint density at radius 3 is 3.06 bits per heavy atom. The zero-order valence-electron chi connectivity index (χ0n) is 9.15. The molecule has 0 radical (unpaired) electrons. The summed E-state index contributed by atoms with van der Waals surface area (Å²) < 4.78 is 5.16. The first-order valence-corrected chi connectivity index (χ1v) is 6.61. The molecule has 1 aliphatic heterocycles. The number of fused-ring (bicyclic) bond motifs is 1. The molecule has 0 unspecified atom stereocenters. The van der Waals surface area contributed by atoms with E-state index in [1.54, 1.807) is 0 Å². The molecule has 0 aliphatic carbocycles. The fourth-order valence-electron chi connectivity index (χ4n) is 2.37. The first kappa shape index (κ1) is 10.2. The number of aromatic nitrogens is 2. The van der Waals surface area contributed by atoms with Gasteiger partial charge in [-0.15, -0.1) is 5.10 Å². The van der Waals surface area contributed by atoms with Crippen molar-refractivity contribution in [3.05, 3.63) is 23.8 Å². The highest BCUT2D eigenvalue weighted by molar-refractivity contribution is 7.12. The van der Waals surface area contributed by atoms with Crippen LogP contribution >= 0.6 is 11.5 Å². The van der Waals surface area contributed by atoms with Gasteiger partial charge < -0.3 is 5.32 Å². The van der Waals surface area contributed by atoms with Gasteiger partial charge >= 0.3 is 0 Å². The lowest BCUT2D eigenvalue weighted by Crippen LogP contribution is -2.28. The summed E-state index contributed by atoms with van der Waals surface area (Å²) in [5.74, 6) is 0.838. The molecule has 16 heavy (non-hydrogen) atoms. The van der Waals surface area contributed by atoms with Crippen molar-refractivity contribution < 1.29 is 0 Å². The number of hydrogen-bond donors (Lipinski definition) is 1. The quantitative estimate of drug-likeness (QED) is 0.864. The third-order valence-corrected chi connectivity index (χ3v) is 4.00. The van der Waals surface area contributed by atoms with Gasteiger partial charge in [0.05, 0.1) is 4.70 Å². The summed E-state index contributed by atoms with van der Waals surface area (Å²) in [5.41, 5.74) is 2.46. The second-order valence-corrected chi connectivity index (χ2v) is 5.26. The van der Waals surface area contributed by atoms with E-state index in [0.29, 0.717) is 0 Å². The highest BCUT2D eigenvalue weighted by Crippen LogP contribution is 2.22. The summed E-state index contributed by atoms with van der Waals surface area (Å²) >= 11 is 1.47. The van der Waals surface area contributed by atoms with Crippen molar-refractivity contribution in [2.45, 2.75) is 19.3 Å². The lowest BCUT2D eigenvalue weighted by atomic mass is 9.91. The second kappa shape index (κ2) is 4.47. The van der Waals surface area contributed by atoms with E-state index in [-0.39, 0.29) is 0 Å². The molecule has 1 saturated heterocycles. The summed E-state index contributed by atoms with van der Waals surface area (Å²) in [6.07, 6.45) is 3.79. The monoisotopic (exact) mass is 233 g/mol. The summed E-state index contributed by atoms with van der Waals surface area (Å²) in [4.78, 5) is 0. The van der Waals surface area contributed by atoms with Crippen molar-refractivity contribution >= 4 is 21.7 Å². The van der Waals surface area contributed by atoms with Crippen LogP contribution in [0.5, 0.6) is 0 Å². The fraction of sp³-hybridized carbons (Fsp3) is 0.500. The van der Waals surface area contributed by atoms with E-state index in [1.165, 1.54) is 54.1 Å². The maximum absolute atomic E-state index is 4.13. The van der Waals surface area contributed by atoms with E-state index >= 15 is 0 Å². The Hall–Kier alpha value is -1.00. The molecule has 0 saturated carbocycles. The van der Waals surface area contributed by atoms with Crippen LogP contribution in [0, 0.1) is 5.92 Å². The van der Waals surface area contributed by atoms with E-state index in [1.807, 2.05) is 0 Å². The molecular weight excluding hydrogens is 218 g/mol. The Bertz CT molecular complexity index is 474. The van der Waals surface area contributed by atoms with Gasteiger partial charge in [0.2, 0.25) is 0 Å². The summed E-state index contributed by atoms with van der Waals surface area (Å²) in [5, 5.41) is 7.53. The van der Waals surface area contributed by atoms with Gasteiger partial charge in [-0.05, 0) is 67.5 Å². The van der Waals surface area contributed by atoms with Crippen LogP contribution in [-0.2, 0) is 6.42 Å². The predicted molar refractivity (Wildman–Crippen MR) is 66.7 cm³/mol. The molecule has 0 bridgehead atoms. The van der Waals surface area contributed by atoms with Crippen LogP contribution < -0.4 is 5.32 Å². The average Bonchev–Trinajstić information content (AvgIpc) is 2.77. The van der Waals surface area contributed by atoms with Crippen LogP contribution in [0.4, 0.5) is 0 Å². The van der Waals surface area contributed by atoms with Crippen molar-refractivity contribution in [3.8, 4) is 0 Å². The lowest BCUT2D eigenvalue weighted by Gasteiger charge is -2.22. The number of nitrogens with zero attached hydrogens (tertiary/aromatic N) is 2. The Morgan fingerprint density at radius 1 is 1.31 bits per heavy atom. The smallest absolute Gasteiger partial charge is 0.106 e. The Kier molecular flexibility index (Phi) is 2.84. The zero-order chi connectivity index (χ0) is 10.8. The van der Waals surface area contributed by atoms with Crippen LogP contribution in [0.25, 0.3) is 10.2 Å². The van der Waals surface area contributed by atoms with Gasteiger partial charge in [-0.1, -0.05) is 10.6 Å². The summed E-state index contributed by atoms with van der Waals surface area (Å²) in [7, 11) is 0. The average molecular weight is 233 g/mol. The number of nitrogens with one attached hydrogen (secondary N) is 1. The molecule has 4 heteroatoms. The number of hydrogen-bond acceptors (Lipinski definition) is 4. The van der Waals surface area contributed by atoms with Crippen LogP contribution in [0.1, 0.15) is 18.4 Å². The largest absolute Gasteiger partial charge is 0.317 e. The molecule has 1 N–H and O–H groups in total. The summed E-state index contributed by atoms with van der Waals surface area (Å²) in [6, 6.07) is 6.57. The van der Waals surface area contributed by atoms with Crippen molar-refractivity contribution in [1.82, 2.24) is 14.9 Å². The van der Waals surface area contributed by atoms with Crippen molar-refractivity contribution in [2.24, 2.45) is 5.92 Å². The van der Waals surface area contributed by atoms with Gasteiger partial charge in [-0.3, -0.25) is 0 Å². The van der Waals surface area contributed by atoms with Crippen LogP contribution in [0.2, 0.25) is 0 Å². The molecule has 2 aromatic rings. The Balaban J connectivity index is 1.77. The Morgan fingerprint density at radius 2 is 2.19 bits per heavy atom. The molecule has 84 valence electrons. The molecule has 3 nitrogen and oxygen atoms in total. The topological polar surface area (TPSA) is 37.8 Å². The zero-order valence-corrected chi connectivity index (χ0v) is 9.96. The van der Waals surface area contributed by atoms with Gasteiger partial charge in [0.1, 0.15) is 5.52 Å². The third-order valence-electron chi connectivity index (χ3n) is 3.29. The minimum absolute atomic E-state index is 0.838. The van der Waals surface area contributed by atoms with E-state index in [2.05, 4.69) is 33.1 Å². The molecule has 1 aromatic carbocycles. The maximum Gasteiger partial charge on any atom is 0.106 e. The first-order chi connectivity index (χ1) is 7.92. The number of benzene rings is 1. The molecular formula is C12H15N3S. The third kappa shape index (κ3) is 2.08. The van der Waals surface area contributed by atoms with Crippen molar-refractivity contribution in [1.29, 1.82) is 0 Å². The molecule has 1 aromatic heterocycles. The standard InChI is InChI=1S/C12H15N3S/c1-2-12-11(14-15-16-12)8-10(1)7-9-3-5-13-6-4-9/h1-2,8-9,13H,3-7H2. The molecule has 0 spiro atoms. The SMILES string of the molecule is c1cc2snnc2cc1CC1CCNCC1. The number of rotatable bonds is 2. The highest BCUT2D eigenvalue weighted by Gasteiger charge is 2.13. The predicted octanol–water partition coefficient (Wildman–Crippen LogP) is 2.23. The molecule has 1 fully saturated rings. The van der Waals surface area contributed by atoms with Crippen LogP contribution in [0.3, 0.4) is 0 Å². The van der Waals surface area contributed by atoms with E-state index in [4.69, 9.17) is 0 Å². The normalized spacial score (nSPS) is 18.0. The minimum Gasteiger partial charge on any atom is -0.317 e. The molecule has 2 heterocycles.